The number of nitrogens with zero attached hydrogens (tertiary/aromatic N) is 3. The Hall–Kier alpha value is -1.94. The zero-order chi connectivity index (χ0) is 12.1. The zero-order valence-corrected chi connectivity index (χ0v) is 10.8. The molecule has 0 saturated heterocycles. The molecule has 94 valence electrons. The number of para-hydroxylation sites is 1. The number of hydrogen-bond acceptors (Lipinski definition) is 2. The molecular weight excluding hydrogens is 250 g/mol. The standard InChI is InChI=1S/C13H13N3O.ClH/c1-2-13(17)15-11-8-9-16(14-10-11)12-6-4-3-5-7-12;/h3-10H,2H2,1H3;1H/b15-11-;. The van der Waals surface area contributed by atoms with Gasteiger partial charge in [-0.3, -0.25) is 4.79 Å². The topological polar surface area (TPSA) is 47.2 Å². The van der Waals surface area contributed by atoms with Crippen LogP contribution >= 0.6 is 12.4 Å². The number of amides is 1. The molecule has 0 aliphatic heterocycles. The van der Waals surface area contributed by atoms with E-state index in [0.717, 1.165) is 5.69 Å². The average molecular weight is 264 g/mol. The van der Waals surface area contributed by atoms with Gasteiger partial charge in [0, 0.05) is 12.6 Å². The van der Waals surface area contributed by atoms with Gasteiger partial charge in [-0.05, 0) is 18.2 Å². The summed E-state index contributed by atoms with van der Waals surface area (Å²) < 4.78 is 1.73. The van der Waals surface area contributed by atoms with Gasteiger partial charge in [-0.15, -0.1) is 12.4 Å². The lowest BCUT2D eigenvalue weighted by molar-refractivity contribution is -0.117. The highest BCUT2D eigenvalue weighted by atomic mass is 35.5. The van der Waals surface area contributed by atoms with Gasteiger partial charge in [0.1, 0.15) is 0 Å². The zero-order valence-electron chi connectivity index (χ0n) is 9.98. The molecule has 0 aliphatic carbocycles. The first kappa shape index (κ1) is 14.1. The van der Waals surface area contributed by atoms with Crippen LogP contribution in [0.5, 0.6) is 0 Å². The monoisotopic (exact) mass is 263 g/mol. The average Bonchev–Trinajstić information content (AvgIpc) is 2.40. The van der Waals surface area contributed by atoms with Gasteiger partial charge in [-0.25, -0.2) is 9.67 Å². The Kier molecular flexibility index (Phi) is 5.27. The Morgan fingerprint density at radius 1 is 1.28 bits per heavy atom. The fourth-order valence-corrected chi connectivity index (χ4v) is 1.37. The quantitative estimate of drug-likeness (QED) is 0.833. The van der Waals surface area contributed by atoms with Crippen molar-refractivity contribution in [2.24, 2.45) is 4.99 Å². The molecule has 0 N–H and O–H groups in total. The Morgan fingerprint density at radius 2 is 2.00 bits per heavy atom. The van der Waals surface area contributed by atoms with E-state index in [0.29, 0.717) is 11.8 Å². The summed E-state index contributed by atoms with van der Waals surface area (Å²) in [6.07, 6.45) is 3.78. The molecule has 0 saturated carbocycles. The molecule has 2 aromatic rings. The molecule has 0 fully saturated rings. The number of halogens is 1. The third-order valence-electron chi connectivity index (χ3n) is 2.28. The van der Waals surface area contributed by atoms with Crippen molar-refractivity contribution in [3.8, 4) is 5.69 Å². The van der Waals surface area contributed by atoms with Gasteiger partial charge in [0.2, 0.25) is 5.91 Å². The minimum absolute atomic E-state index is 0. The Morgan fingerprint density at radius 3 is 2.56 bits per heavy atom. The maximum Gasteiger partial charge on any atom is 0.245 e. The first-order chi connectivity index (χ1) is 8.29. The normalized spacial score (nSPS) is 10.8. The first-order valence-electron chi connectivity index (χ1n) is 5.47. The fourth-order valence-electron chi connectivity index (χ4n) is 1.37. The SMILES string of the molecule is CCC(=O)/N=c1/ccn(-c2ccccc2)nc1.Cl. The van der Waals surface area contributed by atoms with Crippen LogP contribution in [0.4, 0.5) is 0 Å². The van der Waals surface area contributed by atoms with E-state index < -0.39 is 0 Å². The minimum Gasteiger partial charge on any atom is -0.273 e. The summed E-state index contributed by atoms with van der Waals surface area (Å²) in [5, 5.41) is 4.79. The Bertz CT molecular complexity index is 558. The molecular formula is C13H14ClN3O. The lowest BCUT2D eigenvalue weighted by Gasteiger charge is -2.03. The van der Waals surface area contributed by atoms with Crippen molar-refractivity contribution >= 4 is 18.3 Å². The van der Waals surface area contributed by atoms with Gasteiger partial charge in [0.25, 0.3) is 0 Å². The van der Waals surface area contributed by atoms with Crippen molar-refractivity contribution in [1.82, 2.24) is 9.78 Å². The molecule has 0 unspecified atom stereocenters. The van der Waals surface area contributed by atoms with E-state index in [9.17, 15) is 4.79 Å². The molecule has 0 aliphatic rings. The van der Waals surface area contributed by atoms with Gasteiger partial charge in [0.15, 0.2) is 0 Å². The van der Waals surface area contributed by atoms with Crippen LogP contribution in [0, 0.1) is 0 Å². The summed E-state index contributed by atoms with van der Waals surface area (Å²) >= 11 is 0. The Balaban J connectivity index is 0.00000162. The van der Waals surface area contributed by atoms with Crippen LogP contribution < -0.4 is 5.36 Å². The second-order valence-corrected chi connectivity index (χ2v) is 3.52. The van der Waals surface area contributed by atoms with Crippen molar-refractivity contribution in [3.05, 3.63) is 54.1 Å². The Labute approximate surface area is 111 Å². The summed E-state index contributed by atoms with van der Waals surface area (Å²) in [4.78, 5) is 15.0. The number of carbonyl (C=O) groups is 1. The first-order valence-corrected chi connectivity index (χ1v) is 5.47. The lowest BCUT2D eigenvalue weighted by Crippen LogP contribution is -2.10. The molecule has 5 heteroatoms. The molecule has 0 spiro atoms. The second kappa shape index (κ2) is 6.71. The molecule has 1 amide bonds. The van der Waals surface area contributed by atoms with Crippen molar-refractivity contribution in [1.29, 1.82) is 0 Å². The van der Waals surface area contributed by atoms with Crippen LogP contribution in [0.15, 0.2) is 53.8 Å². The second-order valence-electron chi connectivity index (χ2n) is 3.52. The fraction of sp³-hybridized carbons (Fsp3) is 0.154. The highest BCUT2D eigenvalue weighted by molar-refractivity contribution is 5.85. The third kappa shape index (κ3) is 3.53. The summed E-state index contributed by atoms with van der Waals surface area (Å²) in [7, 11) is 0. The molecule has 1 aromatic carbocycles. The minimum atomic E-state index is -0.135. The van der Waals surface area contributed by atoms with Crippen LogP contribution in [0.25, 0.3) is 5.69 Å². The highest BCUT2D eigenvalue weighted by Crippen LogP contribution is 2.02. The van der Waals surface area contributed by atoms with E-state index >= 15 is 0 Å². The number of benzene rings is 1. The molecule has 1 heterocycles. The largest absolute Gasteiger partial charge is 0.273 e. The van der Waals surface area contributed by atoms with E-state index in [1.807, 2.05) is 30.3 Å². The van der Waals surface area contributed by atoms with E-state index in [-0.39, 0.29) is 18.3 Å². The van der Waals surface area contributed by atoms with Gasteiger partial charge in [-0.2, -0.15) is 5.10 Å². The number of aromatic nitrogens is 2. The maximum atomic E-state index is 11.1. The van der Waals surface area contributed by atoms with Gasteiger partial charge in [-0.1, -0.05) is 25.1 Å². The van der Waals surface area contributed by atoms with Crippen molar-refractivity contribution < 1.29 is 4.79 Å². The molecule has 0 bridgehead atoms. The predicted molar refractivity (Wildman–Crippen MR) is 71.7 cm³/mol. The smallest absolute Gasteiger partial charge is 0.245 e. The summed E-state index contributed by atoms with van der Waals surface area (Å²) in [5.74, 6) is -0.135. The third-order valence-corrected chi connectivity index (χ3v) is 2.28. The lowest BCUT2D eigenvalue weighted by atomic mass is 10.3. The molecule has 1 aromatic heterocycles. The maximum absolute atomic E-state index is 11.1. The number of carbonyl (C=O) groups excluding carboxylic acids is 1. The number of hydrogen-bond donors (Lipinski definition) is 0. The van der Waals surface area contributed by atoms with Crippen LogP contribution in [0.3, 0.4) is 0 Å². The molecule has 2 rings (SSSR count). The molecule has 0 atom stereocenters. The van der Waals surface area contributed by atoms with Crippen LogP contribution in [0.1, 0.15) is 13.3 Å². The van der Waals surface area contributed by atoms with Crippen LogP contribution in [0.2, 0.25) is 0 Å². The van der Waals surface area contributed by atoms with E-state index in [4.69, 9.17) is 0 Å². The molecule has 0 radical (unpaired) electrons. The van der Waals surface area contributed by atoms with Crippen molar-refractivity contribution in [2.45, 2.75) is 13.3 Å². The van der Waals surface area contributed by atoms with Crippen molar-refractivity contribution in [2.75, 3.05) is 0 Å². The number of rotatable bonds is 2. The van der Waals surface area contributed by atoms with Crippen molar-refractivity contribution in [3.63, 3.8) is 0 Å². The van der Waals surface area contributed by atoms with E-state index in [2.05, 4.69) is 10.1 Å². The van der Waals surface area contributed by atoms with E-state index in [1.54, 1.807) is 30.1 Å². The summed E-state index contributed by atoms with van der Waals surface area (Å²) in [6.45, 7) is 1.78. The highest BCUT2D eigenvalue weighted by Gasteiger charge is 1.94. The van der Waals surface area contributed by atoms with Gasteiger partial charge in [0.05, 0.1) is 17.2 Å². The van der Waals surface area contributed by atoms with Crippen LogP contribution in [-0.4, -0.2) is 15.7 Å². The summed E-state index contributed by atoms with van der Waals surface area (Å²) in [6, 6.07) is 11.5. The van der Waals surface area contributed by atoms with Gasteiger partial charge >= 0.3 is 0 Å². The summed E-state index contributed by atoms with van der Waals surface area (Å²) in [5.41, 5.74) is 0.973. The molecule has 18 heavy (non-hydrogen) atoms. The van der Waals surface area contributed by atoms with E-state index in [1.165, 1.54) is 0 Å². The van der Waals surface area contributed by atoms with Crippen LogP contribution in [-0.2, 0) is 4.79 Å². The predicted octanol–water partition coefficient (Wildman–Crippen LogP) is 2.13. The van der Waals surface area contributed by atoms with Gasteiger partial charge < -0.3 is 0 Å². The molecule has 4 nitrogen and oxygen atoms in total.